The van der Waals surface area contributed by atoms with E-state index in [0.717, 1.165) is 5.56 Å². The summed E-state index contributed by atoms with van der Waals surface area (Å²) >= 11 is 0. The molecule has 0 saturated heterocycles. The van der Waals surface area contributed by atoms with Gasteiger partial charge in [-0.3, -0.25) is 0 Å². The summed E-state index contributed by atoms with van der Waals surface area (Å²) in [6, 6.07) is 10.9. The number of hydrogen-bond acceptors (Lipinski definition) is 4. The van der Waals surface area contributed by atoms with Crippen LogP contribution >= 0.6 is 0 Å². The molecule has 2 rings (SSSR count). The van der Waals surface area contributed by atoms with E-state index < -0.39 is 5.97 Å². The van der Waals surface area contributed by atoms with Gasteiger partial charge in [-0.05, 0) is 42.8 Å². The number of esters is 1. The largest absolute Gasteiger partial charge is 0.490 e. The van der Waals surface area contributed by atoms with Gasteiger partial charge in [-0.15, -0.1) is 0 Å². The maximum Gasteiger partial charge on any atom is 0.338 e. The molecule has 0 spiro atoms. The van der Waals surface area contributed by atoms with E-state index in [1.165, 1.54) is 18.2 Å². The Morgan fingerprint density at radius 3 is 2.54 bits per heavy atom. The molecule has 0 saturated carbocycles. The first-order valence-electron chi connectivity index (χ1n) is 7.56. The number of carbonyl (C=O) groups is 1. The van der Waals surface area contributed by atoms with Gasteiger partial charge >= 0.3 is 5.97 Å². The summed E-state index contributed by atoms with van der Waals surface area (Å²) in [6.07, 6.45) is 1.50. The molecule has 0 fully saturated rings. The molecule has 0 amide bonds. The highest BCUT2D eigenvalue weighted by Gasteiger charge is 2.12. The summed E-state index contributed by atoms with van der Waals surface area (Å²) in [5.41, 5.74) is 1.20. The zero-order valence-electron chi connectivity index (χ0n) is 13.5. The molecule has 0 radical (unpaired) electrons. The Hall–Kier alpha value is -2.82. The molecule has 0 aliphatic rings. The van der Waals surface area contributed by atoms with Gasteiger partial charge in [0.15, 0.2) is 11.5 Å². The number of carbonyl (C=O) groups excluding carboxylic acids is 1. The molecule has 24 heavy (non-hydrogen) atoms. The topological polar surface area (TPSA) is 44.8 Å². The van der Waals surface area contributed by atoms with Crippen molar-refractivity contribution >= 4 is 5.97 Å². The highest BCUT2D eigenvalue weighted by Crippen LogP contribution is 2.29. The third-order valence-corrected chi connectivity index (χ3v) is 3.12. The van der Waals surface area contributed by atoms with E-state index in [-0.39, 0.29) is 19.0 Å². The van der Waals surface area contributed by atoms with Gasteiger partial charge in [-0.25, -0.2) is 9.18 Å². The predicted octanol–water partition coefficient (Wildman–Crippen LogP) is 4.15. The lowest BCUT2D eigenvalue weighted by atomic mass is 10.2. The maximum atomic E-state index is 12.9. The average molecular weight is 330 g/mol. The van der Waals surface area contributed by atoms with E-state index in [1.54, 1.807) is 30.3 Å². The molecule has 0 atom stereocenters. The molecular formula is C19H19FO4. The number of ether oxygens (including phenoxy) is 3. The quantitative estimate of drug-likeness (QED) is 0.539. The van der Waals surface area contributed by atoms with E-state index in [2.05, 4.69) is 6.58 Å². The number of rotatable bonds is 8. The van der Waals surface area contributed by atoms with Gasteiger partial charge in [-0.2, -0.15) is 0 Å². The van der Waals surface area contributed by atoms with Gasteiger partial charge in [0.2, 0.25) is 0 Å². The first-order valence-corrected chi connectivity index (χ1v) is 7.56. The molecule has 2 aromatic carbocycles. The molecule has 0 aliphatic carbocycles. The van der Waals surface area contributed by atoms with Gasteiger partial charge < -0.3 is 14.2 Å². The van der Waals surface area contributed by atoms with E-state index in [9.17, 15) is 9.18 Å². The van der Waals surface area contributed by atoms with Crippen LogP contribution in [0.3, 0.4) is 0 Å². The number of halogens is 1. The van der Waals surface area contributed by atoms with Gasteiger partial charge in [0.1, 0.15) is 19.0 Å². The number of hydrogen-bond donors (Lipinski definition) is 0. The van der Waals surface area contributed by atoms with Gasteiger partial charge in [0.25, 0.3) is 0 Å². The van der Waals surface area contributed by atoms with Crippen LogP contribution < -0.4 is 9.47 Å². The third kappa shape index (κ3) is 4.84. The summed E-state index contributed by atoms with van der Waals surface area (Å²) in [7, 11) is 0. The Bertz CT molecular complexity index is 695. The highest BCUT2D eigenvalue weighted by molar-refractivity contribution is 5.90. The zero-order valence-corrected chi connectivity index (χ0v) is 13.5. The van der Waals surface area contributed by atoms with Crippen molar-refractivity contribution in [1.29, 1.82) is 0 Å². The van der Waals surface area contributed by atoms with Crippen molar-refractivity contribution in [1.82, 2.24) is 0 Å². The predicted molar refractivity (Wildman–Crippen MR) is 88.8 cm³/mol. The SMILES string of the molecule is C=CCOC(=O)c1ccc(OCc2ccc(F)cc2)c(OCC)c1. The van der Waals surface area contributed by atoms with Crippen molar-refractivity contribution < 1.29 is 23.4 Å². The molecule has 0 heterocycles. The average Bonchev–Trinajstić information content (AvgIpc) is 2.60. The summed E-state index contributed by atoms with van der Waals surface area (Å²) < 4.78 is 29.2. The summed E-state index contributed by atoms with van der Waals surface area (Å²) in [6.45, 7) is 6.18. The highest BCUT2D eigenvalue weighted by atomic mass is 19.1. The molecule has 0 unspecified atom stereocenters. The fourth-order valence-electron chi connectivity index (χ4n) is 1.98. The molecule has 126 valence electrons. The smallest absolute Gasteiger partial charge is 0.338 e. The maximum absolute atomic E-state index is 12.9. The van der Waals surface area contributed by atoms with Crippen molar-refractivity contribution in [3.63, 3.8) is 0 Å². The Morgan fingerprint density at radius 1 is 1.12 bits per heavy atom. The van der Waals surface area contributed by atoms with Crippen LogP contribution in [0.15, 0.2) is 55.1 Å². The van der Waals surface area contributed by atoms with Crippen molar-refractivity contribution in [2.24, 2.45) is 0 Å². The van der Waals surface area contributed by atoms with E-state index in [4.69, 9.17) is 14.2 Å². The van der Waals surface area contributed by atoms with Crippen LogP contribution in [0.5, 0.6) is 11.5 Å². The first kappa shape index (κ1) is 17.5. The first-order chi connectivity index (χ1) is 11.6. The molecule has 0 aliphatic heterocycles. The van der Waals surface area contributed by atoms with Crippen LogP contribution in [0, 0.1) is 5.82 Å². The lowest BCUT2D eigenvalue weighted by molar-refractivity contribution is 0.0549. The van der Waals surface area contributed by atoms with Crippen LogP contribution in [0.2, 0.25) is 0 Å². The van der Waals surface area contributed by atoms with Crippen LogP contribution in [0.25, 0.3) is 0 Å². The van der Waals surface area contributed by atoms with Crippen LogP contribution in [0.1, 0.15) is 22.8 Å². The molecule has 4 nitrogen and oxygen atoms in total. The Labute approximate surface area is 140 Å². The van der Waals surface area contributed by atoms with Crippen LogP contribution in [-0.2, 0) is 11.3 Å². The van der Waals surface area contributed by atoms with Crippen molar-refractivity contribution in [3.8, 4) is 11.5 Å². The van der Waals surface area contributed by atoms with E-state index >= 15 is 0 Å². The standard InChI is InChI=1S/C19H19FO4/c1-3-11-23-19(21)15-7-10-17(18(12-15)22-4-2)24-13-14-5-8-16(20)9-6-14/h3,5-10,12H,1,4,11,13H2,2H3. The zero-order chi connectivity index (χ0) is 17.4. The van der Waals surface area contributed by atoms with Crippen molar-refractivity contribution in [2.75, 3.05) is 13.2 Å². The molecular weight excluding hydrogens is 311 g/mol. The minimum Gasteiger partial charge on any atom is -0.490 e. The Kier molecular flexibility index (Phi) is 6.37. The van der Waals surface area contributed by atoms with Gasteiger partial charge in [-0.1, -0.05) is 24.8 Å². The van der Waals surface area contributed by atoms with E-state index in [0.29, 0.717) is 23.7 Å². The number of benzene rings is 2. The summed E-state index contributed by atoms with van der Waals surface area (Å²) in [5, 5.41) is 0. The second kappa shape index (κ2) is 8.72. The Morgan fingerprint density at radius 2 is 1.88 bits per heavy atom. The summed E-state index contributed by atoms with van der Waals surface area (Å²) in [4.78, 5) is 11.9. The second-order valence-corrected chi connectivity index (χ2v) is 4.90. The molecule has 5 heteroatoms. The lowest BCUT2D eigenvalue weighted by Crippen LogP contribution is -2.06. The molecule has 0 aromatic heterocycles. The molecule has 2 aromatic rings. The molecule has 0 bridgehead atoms. The second-order valence-electron chi connectivity index (χ2n) is 4.90. The van der Waals surface area contributed by atoms with E-state index in [1.807, 2.05) is 6.92 Å². The van der Waals surface area contributed by atoms with Gasteiger partial charge in [0, 0.05) is 0 Å². The lowest BCUT2D eigenvalue weighted by Gasteiger charge is -2.13. The van der Waals surface area contributed by atoms with Crippen LogP contribution in [-0.4, -0.2) is 19.2 Å². The minimum atomic E-state index is -0.457. The van der Waals surface area contributed by atoms with Crippen molar-refractivity contribution in [3.05, 3.63) is 72.1 Å². The monoisotopic (exact) mass is 330 g/mol. The summed E-state index contributed by atoms with van der Waals surface area (Å²) in [5.74, 6) is 0.200. The van der Waals surface area contributed by atoms with Crippen molar-refractivity contribution in [2.45, 2.75) is 13.5 Å². The fourth-order valence-corrected chi connectivity index (χ4v) is 1.98. The van der Waals surface area contributed by atoms with Crippen LogP contribution in [0.4, 0.5) is 4.39 Å². The minimum absolute atomic E-state index is 0.144. The molecule has 0 N–H and O–H groups in total. The fraction of sp³-hybridized carbons (Fsp3) is 0.211. The van der Waals surface area contributed by atoms with Gasteiger partial charge in [0.05, 0.1) is 12.2 Å². The Balaban J connectivity index is 2.11. The normalized spacial score (nSPS) is 10.1. The third-order valence-electron chi connectivity index (χ3n) is 3.12.